The first kappa shape index (κ1) is 20.5. The number of aromatic nitrogens is 1. The maximum Gasteiger partial charge on any atom is 0.318 e. The number of amides is 2. The van der Waals surface area contributed by atoms with Crippen molar-refractivity contribution in [2.75, 3.05) is 7.11 Å². The van der Waals surface area contributed by atoms with E-state index in [1.165, 1.54) is 6.42 Å². The number of urea groups is 1. The van der Waals surface area contributed by atoms with Gasteiger partial charge >= 0.3 is 6.03 Å². The second kappa shape index (κ2) is 9.34. The van der Waals surface area contributed by atoms with Gasteiger partial charge in [0.15, 0.2) is 0 Å². The lowest BCUT2D eigenvalue weighted by Gasteiger charge is -2.28. The van der Waals surface area contributed by atoms with Crippen LogP contribution in [0.25, 0.3) is 10.9 Å². The van der Waals surface area contributed by atoms with E-state index in [1.54, 1.807) is 29.4 Å². The number of pyridine rings is 1. The number of rotatable bonds is 6. The van der Waals surface area contributed by atoms with Crippen molar-refractivity contribution in [1.29, 1.82) is 0 Å². The summed E-state index contributed by atoms with van der Waals surface area (Å²) in [6.07, 6.45) is 5.60. The molecule has 1 saturated carbocycles. The predicted octanol–water partition coefficient (Wildman–Crippen LogP) is 4.64. The van der Waals surface area contributed by atoms with E-state index in [9.17, 15) is 9.59 Å². The highest BCUT2D eigenvalue weighted by Gasteiger charge is 2.21. The fourth-order valence-corrected chi connectivity index (χ4v) is 4.70. The highest BCUT2D eigenvalue weighted by Crippen LogP contribution is 2.21. The fourth-order valence-electron chi connectivity index (χ4n) is 3.98. The average molecular weight is 426 g/mol. The number of thiophene rings is 1. The SMILES string of the molecule is COc1ccc2cc(CN(Cc3cccs3)C(=O)NC3CCCCC3)c(=O)[nH]c2c1. The smallest absolute Gasteiger partial charge is 0.318 e. The summed E-state index contributed by atoms with van der Waals surface area (Å²) >= 11 is 1.61. The van der Waals surface area contributed by atoms with E-state index in [-0.39, 0.29) is 24.2 Å². The summed E-state index contributed by atoms with van der Waals surface area (Å²) in [4.78, 5) is 31.6. The van der Waals surface area contributed by atoms with E-state index in [0.717, 1.165) is 41.5 Å². The largest absolute Gasteiger partial charge is 0.497 e. The molecule has 0 spiro atoms. The van der Waals surface area contributed by atoms with Gasteiger partial charge < -0.3 is 19.9 Å². The Morgan fingerprint density at radius 1 is 1.20 bits per heavy atom. The number of benzene rings is 1. The van der Waals surface area contributed by atoms with Gasteiger partial charge in [0.2, 0.25) is 0 Å². The third-order valence-electron chi connectivity index (χ3n) is 5.64. The van der Waals surface area contributed by atoms with Crippen molar-refractivity contribution in [1.82, 2.24) is 15.2 Å². The molecule has 0 unspecified atom stereocenters. The number of H-pyrrole nitrogens is 1. The summed E-state index contributed by atoms with van der Waals surface area (Å²) in [6.45, 7) is 0.740. The van der Waals surface area contributed by atoms with Crippen molar-refractivity contribution in [2.45, 2.75) is 51.2 Å². The van der Waals surface area contributed by atoms with Gasteiger partial charge in [-0.15, -0.1) is 11.3 Å². The number of fused-ring (bicyclic) bond motifs is 1. The van der Waals surface area contributed by atoms with Gasteiger partial charge in [0, 0.05) is 22.5 Å². The molecule has 0 saturated heterocycles. The van der Waals surface area contributed by atoms with Crippen LogP contribution in [0.3, 0.4) is 0 Å². The van der Waals surface area contributed by atoms with E-state index >= 15 is 0 Å². The Kier molecular flexibility index (Phi) is 6.38. The van der Waals surface area contributed by atoms with Gasteiger partial charge in [-0.3, -0.25) is 4.79 Å². The number of nitrogens with one attached hydrogen (secondary N) is 2. The van der Waals surface area contributed by atoms with Gasteiger partial charge in [-0.05, 0) is 47.9 Å². The van der Waals surface area contributed by atoms with Crippen molar-refractivity contribution < 1.29 is 9.53 Å². The molecule has 6 nitrogen and oxygen atoms in total. The summed E-state index contributed by atoms with van der Waals surface area (Å²) in [5, 5.41) is 6.10. The predicted molar refractivity (Wildman–Crippen MR) is 120 cm³/mol. The molecule has 2 amide bonds. The van der Waals surface area contributed by atoms with E-state index in [4.69, 9.17) is 4.74 Å². The lowest BCUT2D eigenvalue weighted by Crippen LogP contribution is -2.45. The van der Waals surface area contributed by atoms with Crippen LogP contribution in [0.15, 0.2) is 46.6 Å². The molecule has 2 N–H and O–H groups in total. The summed E-state index contributed by atoms with van der Waals surface area (Å²) in [7, 11) is 1.60. The van der Waals surface area contributed by atoms with Crippen LogP contribution in [0.1, 0.15) is 42.5 Å². The van der Waals surface area contributed by atoms with Gasteiger partial charge in [0.1, 0.15) is 5.75 Å². The van der Waals surface area contributed by atoms with Crippen LogP contribution < -0.4 is 15.6 Å². The summed E-state index contributed by atoms with van der Waals surface area (Å²) in [6, 6.07) is 11.6. The molecule has 30 heavy (non-hydrogen) atoms. The van der Waals surface area contributed by atoms with Crippen LogP contribution in [-0.4, -0.2) is 29.1 Å². The molecule has 0 radical (unpaired) electrons. The van der Waals surface area contributed by atoms with Crippen LogP contribution in [0.2, 0.25) is 0 Å². The van der Waals surface area contributed by atoms with Crippen LogP contribution >= 0.6 is 11.3 Å². The molecule has 2 aromatic heterocycles. The molecule has 1 aromatic carbocycles. The standard InChI is InChI=1S/C23H27N3O3S/c1-29-19-10-9-16-12-17(22(27)25-21(16)13-19)14-26(15-20-8-5-11-30-20)23(28)24-18-6-3-2-4-7-18/h5,8-13,18H,2-4,6-7,14-15H2,1H3,(H,24,28)(H,25,27). The summed E-state index contributed by atoms with van der Waals surface area (Å²) in [5.41, 5.74) is 1.11. The Balaban J connectivity index is 1.58. The zero-order chi connectivity index (χ0) is 20.9. The van der Waals surface area contributed by atoms with Crippen LogP contribution in [0.4, 0.5) is 4.79 Å². The molecule has 3 aromatic rings. The Hall–Kier alpha value is -2.80. The number of methoxy groups -OCH3 is 1. The Labute approximate surface area is 179 Å². The molecule has 0 aliphatic heterocycles. The van der Waals surface area contributed by atoms with Crippen molar-refractivity contribution in [3.8, 4) is 5.75 Å². The molecular formula is C23H27N3O3S. The number of hydrogen-bond donors (Lipinski definition) is 2. The van der Waals surface area contributed by atoms with Crippen LogP contribution in [-0.2, 0) is 13.1 Å². The molecule has 1 aliphatic rings. The maximum atomic E-state index is 13.1. The molecule has 4 rings (SSSR count). The number of carbonyl (C=O) groups excluding carboxylic acids is 1. The third kappa shape index (κ3) is 4.84. The lowest BCUT2D eigenvalue weighted by molar-refractivity contribution is 0.185. The molecule has 1 fully saturated rings. The monoisotopic (exact) mass is 425 g/mol. The van der Waals surface area contributed by atoms with Gasteiger partial charge in [-0.1, -0.05) is 25.3 Å². The Bertz CT molecular complexity index is 1060. The highest BCUT2D eigenvalue weighted by molar-refractivity contribution is 7.09. The zero-order valence-corrected chi connectivity index (χ0v) is 18.0. The van der Waals surface area contributed by atoms with Gasteiger partial charge in [-0.25, -0.2) is 4.79 Å². The topological polar surface area (TPSA) is 74.4 Å². The zero-order valence-electron chi connectivity index (χ0n) is 17.1. The first-order valence-corrected chi connectivity index (χ1v) is 11.3. The number of ether oxygens (including phenoxy) is 1. The number of nitrogens with zero attached hydrogens (tertiary/aromatic N) is 1. The minimum absolute atomic E-state index is 0.107. The number of aromatic amines is 1. The van der Waals surface area contributed by atoms with E-state index in [0.29, 0.717) is 17.9 Å². The molecule has 1 aliphatic carbocycles. The normalized spacial score (nSPS) is 14.6. The molecule has 7 heteroatoms. The summed E-state index contributed by atoms with van der Waals surface area (Å²) in [5.74, 6) is 0.692. The minimum atomic E-state index is -0.183. The minimum Gasteiger partial charge on any atom is -0.497 e. The van der Waals surface area contributed by atoms with Crippen molar-refractivity contribution >= 4 is 28.3 Å². The highest BCUT2D eigenvalue weighted by atomic mass is 32.1. The van der Waals surface area contributed by atoms with Crippen molar-refractivity contribution in [2.24, 2.45) is 0 Å². The van der Waals surface area contributed by atoms with Crippen molar-refractivity contribution in [3.63, 3.8) is 0 Å². The molecule has 158 valence electrons. The van der Waals surface area contributed by atoms with Gasteiger partial charge in [-0.2, -0.15) is 0 Å². The van der Waals surface area contributed by atoms with E-state index < -0.39 is 0 Å². The first-order chi connectivity index (χ1) is 14.6. The molecule has 0 atom stereocenters. The van der Waals surface area contributed by atoms with Crippen molar-refractivity contribution in [3.05, 3.63) is 62.6 Å². The van der Waals surface area contributed by atoms with Crippen LogP contribution in [0, 0.1) is 0 Å². The molecule has 2 heterocycles. The van der Waals surface area contributed by atoms with Gasteiger partial charge in [0.05, 0.1) is 25.7 Å². The quantitative estimate of drug-likeness (QED) is 0.604. The van der Waals surface area contributed by atoms with Crippen LogP contribution in [0.5, 0.6) is 5.75 Å². The molecule has 0 bridgehead atoms. The average Bonchev–Trinajstić information content (AvgIpc) is 3.27. The maximum absolute atomic E-state index is 13.1. The third-order valence-corrected chi connectivity index (χ3v) is 6.50. The second-order valence-electron chi connectivity index (χ2n) is 7.80. The molecular weight excluding hydrogens is 398 g/mol. The fraction of sp³-hybridized carbons (Fsp3) is 0.391. The van der Waals surface area contributed by atoms with Gasteiger partial charge in [0.25, 0.3) is 5.56 Å². The second-order valence-corrected chi connectivity index (χ2v) is 8.83. The number of hydrogen-bond acceptors (Lipinski definition) is 4. The lowest BCUT2D eigenvalue weighted by atomic mass is 9.96. The van der Waals surface area contributed by atoms with E-state index in [2.05, 4.69) is 10.3 Å². The number of carbonyl (C=O) groups is 1. The first-order valence-electron chi connectivity index (χ1n) is 10.4. The summed E-state index contributed by atoms with van der Waals surface area (Å²) < 4.78 is 5.24. The Morgan fingerprint density at radius 2 is 2.03 bits per heavy atom. The van der Waals surface area contributed by atoms with E-state index in [1.807, 2.05) is 35.7 Å². The Morgan fingerprint density at radius 3 is 2.77 bits per heavy atom.